The third kappa shape index (κ3) is 6.00. The molecule has 0 saturated carbocycles. The SMILES string of the molecule is CN1C(=O)NC(=O)/C1=C/c1ccc(-c2cccc(C(=O)O)c2)o1.O=Cc1ccc(-c2cccc(C(=O)O)c2)o1. The van der Waals surface area contributed by atoms with Crippen molar-refractivity contribution in [1.82, 2.24) is 10.2 Å². The third-order valence-electron chi connectivity index (χ3n) is 5.56. The number of aromatic carboxylic acids is 2. The summed E-state index contributed by atoms with van der Waals surface area (Å²) in [5.41, 5.74) is 1.75. The quantitative estimate of drug-likeness (QED) is 0.184. The van der Waals surface area contributed by atoms with E-state index < -0.39 is 23.9 Å². The highest BCUT2D eigenvalue weighted by Crippen LogP contribution is 2.26. The average Bonchev–Trinajstić information content (AvgIpc) is 3.66. The van der Waals surface area contributed by atoms with E-state index in [2.05, 4.69) is 5.32 Å². The van der Waals surface area contributed by atoms with Crippen LogP contribution < -0.4 is 5.32 Å². The predicted molar refractivity (Wildman–Crippen MR) is 137 cm³/mol. The molecule has 0 atom stereocenters. The molecule has 2 aromatic carbocycles. The number of imide groups is 1. The molecule has 11 heteroatoms. The Morgan fingerprint density at radius 3 is 1.74 bits per heavy atom. The molecule has 5 rings (SSSR count). The van der Waals surface area contributed by atoms with Crippen LogP contribution in [0.1, 0.15) is 37.0 Å². The molecule has 1 fully saturated rings. The van der Waals surface area contributed by atoms with Crippen LogP contribution in [0, 0.1) is 0 Å². The van der Waals surface area contributed by atoms with Gasteiger partial charge in [-0.25, -0.2) is 14.4 Å². The lowest BCUT2D eigenvalue weighted by molar-refractivity contribution is -0.115. The number of carbonyl (C=O) groups is 5. The van der Waals surface area contributed by atoms with Gasteiger partial charge in [-0.15, -0.1) is 0 Å². The first-order valence-corrected chi connectivity index (χ1v) is 11.3. The number of nitrogens with one attached hydrogen (secondary N) is 1. The van der Waals surface area contributed by atoms with Crippen LogP contribution in [-0.4, -0.2) is 52.3 Å². The fourth-order valence-corrected chi connectivity index (χ4v) is 3.57. The molecule has 1 saturated heterocycles. The van der Waals surface area contributed by atoms with Crippen LogP contribution in [0.25, 0.3) is 28.7 Å². The standard InChI is InChI=1S/C16H12N2O5.C12H8O4/c1-18-12(14(19)17-16(18)22)8-11-5-6-13(23-11)9-3-2-4-10(7-9)15(20)21;13-7-10-4-5-11(16-10)8-2-1-3-9(6-8)12(14)15/h2-8H,1H3,(H,20,21)(H,17,19,22);1-7H,(H,14,15)/b12-8-;. The molecule has 4 aromatic rings. The maximum absolute atomic E-state index is 11.6. The highest BCUT2D eigenvalue weighted by molar-refractivity contribution is 6.13. The number of urea groups is 1. The topological polar surface area (TPSA) is 167 Å². The van der Waals surface area contributed by atoms with Crippen LogP contribution in [0.5, 0.6) is 0 Å². The van der Waals surface area contributed by atoms with E-state index in [0.29, 0.717) is 34.7 Å². The minimum Gasteiger partial charge on any atom is -0.478 e. The number of nitrogens with zero attached hydrogens (tertiary/aromatic N) is 1. The second kappa shape index (κ2) is 11.1. The number of hydrogen-bond acceptors (Lipinski definition) is 7. The van der Waals surface area contributed by atoms with E-state index in [1.807, 2.05) is 0 Å². The van der Waals surface area contributed by atoms with Crippen molar-refractivity contribution in [3.05, 3.63) is 101 Å². The van der Waals surface area contributed by atoms with Gasteiger partial charge in [-0.2, -0.15) is 0 Å². The van der Waals surface area contributed by atoms with Gasteiger partial charge >= 0.3 is 18.0 Å². The van der Waals surface area contributed by atoms with Gasteiger partial charge in [-0.1, -0.05) is 24.3 Å². The zero-order valence-electron chi connectivity index (χ0n) is 20.3. The van der Waals surface area contributed by atoms with Gasteiger partial charge in [0.25, 0.3) is 5.91 Å². The summed E-state index contributed by atoms with van der Waals surface area (Å²) in [4.78, 5) is 56.4. The van der Waals surface area contributed by atoms with Gasteiger partial charge < -0.3 is 19.0 Å². The summed E-state index contributed by atoms with van der Waals surface area (Å²) in [6.45, 7) is 0. The number of carboxylic acids is 2. The highest BCUT2D eigenvalue weighted by atomic mass is 16.4. The van der Waals surface area contributed by atoms with Crippen molar-refractivity contribution in [2.24, 2.45) is 0 Å². The maximum atomic E-state index is 11.6. The zero-order chi connectivity index (χ0) is 28.1. The van der Waals surface area contributed by atoms with Gasteiger partial charge in [0.05, 0.1) is 11.1 Å². The molecule has 3 heterocycles. The number of aldehydes is 1. The highest BCUT2D eigenvalue weighted by Gasteiger charge is 2.30. The molecule has 0 aliphatic carbocycles. The Balaban J connectivity index is 0.000000193. The van der Waals surface area contributed by atoms with Crippen LogP contribution in [0.3, 0.4) is 0 Å². The van der Waals surface area contributed by atoms with Crippen LogP contribution in [0.15, 0.2) is 87.3 Å². The van der Waals surface area contributed by atoms with Crippen molar-refractivity contribution in [2.45, 2.75) is 0 Å². The fourth-order valence-electron chi connectivity index (χ4n) is 3.57. The molecule has 39 heavy (non-hydrogen) atoms. The molecule has 0 unspecified atom stereocenters. The fraction of sp³-hybridized carbons (Fsp3) is 0.0357. The Hall–Kier alpha value is -5.71. The number of rotatable bonds is 6. The summed E-state index contributed by atoms with van der Waals surface area (Å²) in [5.74, 6) is -0.975. The number of carbonyl (C=O) groups excluding carboxylic acids is 3. The van der Waals surface area contributed by atoms with Crippen molar-refractivity contribution in [3.8, 4) is 22.6 Å². The molecule has 1 aliphatic heterocycles. The van der Waals surface area contributed by atoms with Crippen LogP contribution in [0.4, 0.5) is 4.79 Å². The van der Waals surface area contributed by atoms with Crippen molar-refractivity contribution >= 4 is 36.2 Å². The Morgan fingerprint density at radius 1 is 0.795 bits per heavy atom. The normalized spacial score (nSPS) is 13.6. The summed E-state index contributed by atoms with van der Waals surface area (Å²) < 4.78 is 10.8. The molecular weight excluding hydrogens is 508 g/mol. The molecule has 0 spiro atoms. The molecular formula is C28H20N2O9. The first-order valence-electron chi connectivity index (χ1n) is 11.3. The first-order chi connectivity index (χ1) is 18.7. The number of benzene rings is 2. The van der Waals surface area contributed by atoms with E-state index in [1.54, 1.807) is 42.5 Å². The van der Waals surface area contributed by atoms with Crippen LogP contribution in [-0.2, 0) is 4.79 Å². The predicted octanol–water partition coefficient (Wildman–Crippen LogP) is 4.62. The van der Waals surface area contributed by atoms with Crippen molar-refractivity contribution in [1.29, 1.82) is 0 Å². The summed E-state index contributed by atoms with van der Waals surface area (Å²) >= 11 is 0. The average molecular weight is 528 g/mol. The maximum Gasteiger partial charge on any atom is 0.335 e. The third-order valence-corrected chi connectivity index (χ3v) is 5.56. The van der Waals surface area contributed by atoms with Crippen molar-refractivity contribution in [3.63, 3.8) is 0 Å². The monoisotopic (exact) mass is 528 g/mol. The van der Waals surface area contributed by atoms with E-state index in [-0.39, 0.29) is 22.6 Å². The molecule has 0 radical (unpaired) electrons. The lowest BCUT2D eigenvalue weighted by atomic mass is 10.1. The first kappa shape index (κ1) is 26.4. The molecule has 3 N–H and O–H groups in total. The van der Waals surface area contributed by atoms with Crippen LogP contribution >= 0.6 is 0 Å². The van der Waals surface area contributed by atoms with Gasteiger partial charge in [0.15, 0.2) is 12.0 Å². The number of hydrogen-bond donors (Lipinski definition) is 3. The molecule has 0 bridgehead atoms. The van der Waals surface area contributed by atoms with E-state index in [1.165, 1.54) is 48.4 Å². The molecule has 11 nitrogen and oxygen atoms in total. The Morgan fingerprint density at radius 2 is 1.31 bits per heavy atom. The Bertz CT molecular complexity index is 1630. The second-order valence-electron chi connectivity index (χ2n) is 8.14. The number of likely N-dealkylation sites (N-methyl/N-ethyl adjacent to an activating group) is 1. The molecule has 1 aliphatic rings. The van der Waals surface area contributed by atoms with E-state index in [4.69, 9.17) is 19.0 Å². The Labute approximate surface area is 220 Å². The van der Waals surface area contributed by atoms with Crippen molar-refractivity contribution in [2.75, 3.05) is 7.05 Å². The van der Waals surface area contributed by atoms with Crippen LogP contribution in [0.2, 0.25) is 0 Å². The minimum atomic E-state index is -1.02. The van der Waals surface area contributed by atoms with E-state index in [0.717, 1.165) is 0 Å². The lowest BCUT2D eigenvalue weighted by Gasteiger charge is -2.05. The largest absolute Gasteiger partial charge is 0.478 e. The minimum absolute atomic E-state index is 0.152. The molecule has 3 amide bonds. The van der Waals surface area contributed by atoms with Gasteiger partial charge in [-0.05, 0) is 48.5 Å². The van der Waals surface area contributed by atoms with E-state index >= 15 is 0 Å². The van der Waals surface area contributed by atoms with Crippen molar-refractivity contribution < 1.29 is 43.0 Å². The Kier molecular flexibility index (Phi) is 7.52. The summed E-state index contributed by atoms with van der Waals surface area (Å²) in [5, 5.41) is 20.0. The number of furan rings is 2. The van der Waals surface area contributed by atoms with E-state index in [9.17, 15) is 24.0 Å². The smallest absolute Gasteiger partial charge is 0.335 e. The summed E-state index contributed by atoms with van der Waals surface area (Å²) in [6, 6.07) is 18.6. The van der Waals surface area contributed by atoms with Gasteiger partial charge in [-0.3, -0.25) is 19.8 Å². The van der Waals surface area contributed by atoms with Gasteiger partial charge in [0.1, 0.15) is 23.0 Å². The van der Waals surface area contributed by atoms with Gasteiger partial charge in [0, 0.05) is 24.3 Å². The number of amides is 3. The number of carboxylic acid groups (broad SMARTS) is 2. The van der Waals surface area contributed by atoms with Gasteiger partial charge in [0.2, 0.25) is 0 Å². The lowest BCUT2D eigenvalue weighted by Crippen LogP contribution is -2.24. The summed E-state index contributed by atoms with van der Waals surface area (Å²) in [7, 11) is 1.48. The molecule has 2 aromatic heterocycles. The zero-order valence-corrected chi connectivity index (χ0v) is 20.3. The molecule has 196 valence electrons. The summed E-state index contributed by atoms with van der Waals surface area (Å²) in [6.07, 6.45) is 2.05. The second-order valence-corrected chi connectivity index (χ2v) is 8.14.